The number of ether oxygens (including phenoxy) is 2. The van der Waals surface area contributed by atoms with Crippen molar-refractivity contribution in [3.8, 4) is 23.8 Å². The van der Waals surface area contributed by atoms with E-state index in [-0.39, 0.29) is 6.61 Å². The van der Waals surface area contributed by atoms with Gasteiger partial charge in [0.1, 0.15) is 6.61 Å². The predicted molar refractivity (Wildman–Crippen MR) is 96.7 cm³/mol. The Balaban J connectivity index is 2.37. The summed E-state index contributed by atoms with van der Waals surface area (Å²) in [6, 6.07) is 3.49. The zero-order chi connectivity index (χ0) is 17.5. The molecule has 0 bridgehead atoms. The lowest BCUT2D eigenvalue weighted by molar-refractivity contribution is 0.299. The summed E-state index contributed by atoms with van der Waals surface area (Å²) >= 11 is 11.4. The van der Waals surface area contributed by atoms with Gasteiger partial charge in [-0.3, -0.25) is 5.10 Å². The third-order valence-electron chi connectivity index (χ3n) is 2.99. The van der Waals surface area contributed by atoms with E-state index in [2.05, 4.69) is 21.2 Å². The van der Waals surface area contributed by atoms with Crippen LogP contribution >= 0.6 is 23.8 Å². The fraction of sp³-hybridized carbons (Fsp3) is 0.312. The summed E-state index contributed by atoms with van der Waals surface area (Å²) in [6.07, 6.45) is 7.55. The summed E-state index contributed by atoms with van der Waals surface area (Å²) in [6.45, 7) is 4.42. The van der Waals surface area contributed by atoms with E-state index in [1.165, 1.54) is 0 Å². The summed E-state index contributed by atoms with van der Waals surface area (Å²) in [5, 5.41) is 11.6. The van der Waals surface area contributed by atoms with E-state index in [1.54, 1.807) is 23.0 Å². The molecule has 0 radical (unpaired) electrons. The fourth-order valence-corrected chi connectivity index (χ4v) is 2.45. The van der Waals surface area contributed by atoms with Gasteiger partial charge in [-0.1, -0.05) is 24.4 Å². The molecule has 1 N–H and O–H groups in total. The Morgan fingerprint density at radius 2 is 2.25 bits per heavy atom. The van der Waals surface area contributed by atoms with Gasteiger partial charge in [0.05, 0.1) is 17.8 Å². The van der Waals surface area contributed by atoms with Crippen LogP contribution in [-0.4, -0.2) is 34.3 Å². The molecule has 6 nitrogen and oxygen atoms in total. The second-order valence-corrected chi connectivity index (χ2v) is 5.40. The lowest BCUT2D eigenvalue weighted by Crippen LogP contribution is -2.02. The molecule has 2 rings (SSSR count). The van der Waals surface area contributed by atoms with Gasteiger partial charge in [0.25, 0.3) is 0 Å². The van der Waals surface area contributed by atoms with Crippen LogP contribution in [0.25, 0.3) is 0 Å². The molecule has 0 unspecified atom stereocenters. The number of terminal acetylenes is 1. The van der Waals surface area contributed by atoms with Crippen molar-refractivity contribution >= 4 is 30.0 Å². The van der Waals surface area contributed by atoms with Gasteiger partial charge < -0.3 is 9.47 Å². The third kappa shape index (κ3) is 4.16. The molecule has 0 amide bonds. The van der Waals surface area contributed by atoms with Gasteiger partial charge in [-0.05, 0) is 36.8 Å². The minimum Gasteiger partial charge on any atom is -0.490 e. The molecule has 0 aliphatic rings. The van der Waals surface area contributed by atoms with E-state index in [4.69, 9.17) is 39.7 Å². The van der Waals surface area contributed by atoms with Crippen molar-refractivity contribution in [2.24, 2.45) is 5.10 Å². The van der Waals surface area contributed by atoms with E-state index in [1.807, 2.05) is 13.8 Å². The highest BCUT2D eigenvalue weighted by atomic mass is 35.5. The minimum absolute atomic E-state index is 0.108. The molecular formula is C16H17ClN4O2S. The van der Waals surface area contributed by atoms with Crippen LogP contribution in [0.4, 0.5) is 0 Å². The molecule has 0 spiro atoms. The highest BCUT2D eigenvalue weighted by Gasteiger charge is 2.12. The second-order valence-electron chi connectivity index (χ2n) is 4.61. The van der Waals surface area contributed by atoms with E-state index in [0.29, 0.717) is 34.3 Å². The fourth-order valence-electron chi connectivity index (χ4n) is 1.98. The van der Waals surface area contributed by atoms with Crippen molar-refractivity contribution in [1.82, 2.24) is 14.9 Å². The van der Waals surface area contributed by atoms with Crippen molar-refractivity contribution in [2.45, 2.75) is 20.3 Å². The van der Waals surface area contributed by atoms with Crippen LogP contribution < -0.4 is 9.47 Å². The lowest BCUT2D eigenvalue weighted by Gasteiger charge is -2.12. The molecule has 0 saturated carbocycles. The van der Waals surface area contributed by atoms with Crippen molar-refractivity contribution in [2.75, 3.05) is 13.2 Å². The summed E-state index contributed by atoms with van der Waals surface area (Å²) in [5.41, 5.74) is 0.738. The quantitative estimate of drug-likeness (QED) is 0.464. The van der Waals surface area contributed by atoms with Crippen LogP contribution in [0.5, 0.6) is 11.5 Å². The molecule has 8 heteroatoms. The first-order valence-electron chi connectivity index (χ1n) is 7.33. The zero-order valence-corrected chi connectivity index (χ0v) is 14.9. The van der Waals surface area contributed by atoms with Crippen molar-refractivity contribution < 1.29 is 9.47 Å². The molecule has 0 aliphatic carbocycles. The summed E-state index contributed by atoms with van der Waals surface area (Å²) in [5.74, 6) is 4.07. The molecular weight excluding hydrogens is 348 g/mol. The monoisotopic (exact) mass is 364 g/mol. The Labute approximate surface area is 150 Å². The van der Waals surface area contributed by atoms with Gasteiger partial charge in [0, 0.05) is 6.42 Å². The van der Waals surface area contributed by atoms with Crippen molar-refractivity contribution in [3.05, 3.63) is 33.3 Å². The number of aromatic nitrogens is 3. The van der Waals surface area contributed by atoms with Crippen molar-refractivity contribution in [1.29, 1.82) is 0 Å². The topological polar surface area (TPSA) is 64.4 Å². The average Bonchev–Trinajstić information content (AvgIpc) is 2.92. The van der Waals surface area contributed by atoms with Gasteiger partial charge >= 0.3 is 0 Å². The zero-order valence-electron chi connectivity index (χ0n) is 13.4. The Morgan fingerprint density at radius 1 is 1.46 bits per heavy atom. The van der Waals surface area contributed by atoms with Crippen LogP contribution in [0, 0.1) is 17.1 Å². The first-order valence-corrected chi connectivity index (χ1v) is 8.12. The maximum absolute atomic E-state index is 6.28. The van der Waals surface area contributed by atoms with Crippen molar-refractivity contribution in [3.63, 3.8) is 0 Å². The normalized spacial score (nSPS) is 10.8. The maximum atomic E-state index is 6.28. The molecule has 2 aromatic rings. The van der Waals surface area contributed by atoms with Crippen LogP contribution in [0.1, 0.15) is 25.2 Å². The Hall–Kier alpha value is -2.30. The number of aryl methyl sites for hydroxylation is 1. The number of H-pyrrole nitrogens is 1. The number of halogens is 1. The van der Waals surface area contributed by atoms with Crippen LogP contribution in [0.15, 0.2) is 17.2 Å². The molecule has 126 valence electrons. The number of benzene rings is 1. The SMILES string of the molecule is C#CCOc1c(Cl)cc(C=Nn2c(CC)n[nH]c2=S)cc1OCC. The minimum atomic E-state index is 0.108. The molecule has 1 aromatic carbocycles. The van der Waals surface area contributed by atoms with E-state index in [9.17, 15) is 0 Å². The smallest absolute Gasteiger partial charge is 0.216 e. The molecule has 0 fully saturated rings. The van der Waals surface area contributed by atoms with Gasteiger partial charge in [-0.2, -0.15) is 14.9 Å². The summed E-state index contributed by atoms with van der Waals surface area (Å²) in [7, 11) is 0. The first-order chi connectivity index (χ1) is 11.6. The number of hydrogen-bond donors (Lipinski definition) is 1. The predicted octanol–water partition coefficient (Wildman–Crippen LogP) is 3.45. The molecule has 0 saturated heterocycles. The number of nitrogens with one attached hydrogen (secondary N) is 1. The first kappa shape index (κ1) is 18.0. The molecule has 0 aliphatic heterocycles. The third-order valence-corrected chi connectivity index (χ3v) is 3.53. The lowest BCUT2D eigenvalue weighted by atomic mass is 10.2. The Bertz CT molecular complexity index is 836. The molecule has 1 aromatic heterocycles. The Morgan fingerprint density at radius 3 is 2.92 bits per heavy atom. The van der Waals surface area contributed by atoms with Crippen LogP contribution in [0.2, 0.25) is 5.02 Å². The molecule has 1 heterocycles. The largest absolute Gasteiger partial charge is 0.490 e. The van der Waals surface area contributed by atoms with E-state index < -0.39 is 0 Å². The van der Waals surface area contributed by atoms with Gasteiger partial charge in [-0.15, -0.1) is 6.42 Å². The second kappa shape index (κ2) is 8.52. The summed E-state index contributed by atoms with van der Waals surface area (Å²) < 4.78 is 13.0. The van der Waals surface area contributed by atoms with Crippen LogP contribution in [0.3, 0.4) is 0 Å². The maximum Gasteiger partial charge on any atom is 0.216 e. The van der Waals surface area contributed by atoms with E-state index >= 15 is 0 Å². The number of nitrogens with zero attached hydrogens (tertiary/aromatic N) is 3. The van der Waals surface area contributed by atoms with Gasteiger partial charge in [-0.25, -0.2) is 0 Å². The highest BCUT2D eigenvalue weighted by Crippen LogP contribution is 2.36. The molecule has 0 atom stereocenters. The summed E-state index contributed by atoms with van der Waals surface area (Å²) in [4.78, 5) is 0. The number of hydrogen-bond acceptors (Lipinski definition) is 5. The average molecular weight is 365 g/mol. The van der Waals surface area contributed by atoms with E-state index in [0.717, 1.165) is 11.4 Å². The Kier molecular flexibility index (Phi) is 6.41. The molecule has 24 heavy (non-hydrogen) atoms. The number of aromatic amines is 1. The highest BCUT2D eigenvalue weighted by molar-refractivity contribution is 7.71. The van der Waals surface area contributed by atoms with Gasteiger partial charge in [0.15, 0.2) is 17.3 Å². The number of rotatable bonds is 7. The standard InChI is InChI=1S/C16H17ClN4O2S/c1-4-7-23-15-12(17)8-11(9-13(15)22-6-3)10-18-21-14(5-2)19-20-16(21)24/h1,8-10H,5-7H2,2-3H3,(H,20,24). The van der Waals surface area contributed by atoms with Gasteiger partial charge in [0.2, 0.25) is 4.77 Å². The van der Waals surface area contributed by atoms with Crippen LogP contribution in [-0.2, 0) is 6.42 Å².